The lowest BCUT2D eigenvalue weighted by Crippen LogP contribution is -2.28. The highest BCUT2D eigenvalue weighted by Crippen LogP contribution is 2.23. The van der Waals surface area contributed by atoms with Crippen LogP contribution in [-0.4, -0.2) is 31.7 Å². The molecule has 1 rings (SSSR count). The van der Waals surface area contributed by atoms with E-state index < -0.39 is 11.9 Å². The first-order valence-corrected chi connectivity index (χ1v) is 4.42. The third-order valence-corrected chi connectivity index (χ3v) is 2.22. The van der Waals surface area contributed by atoms with Gasteiger partial charge in [0.25, 0.3) is 0 Å². The molecule has 1 unspecified atom stereocenters. The summed E-state index contributed by atoms with van der Waals surface area (Å²) in [7, 11) is 2.59. The number of Topliss-reactive ketones (excluding diaryl/α,β-unsaturated/α-hetero) is 1. The van der Waals surface area contributed by atoms with Crippen LogP contribution in [0.2, 0.25) is 0 Å². The van der Waals surface area contributed by atoms with Crippen LogP contribution < -0.4 is 0 Å². The number of rotatable bonds is 3. The minimum Gasteiger partial charge on any atom is -0.464 e. The minimum atomic E-state index is -0.591. The molecule has 1 atom stereocenters. The van der Waals surface area contributed by atoms with Crippen molar-refractivity contribution in [2.24, 2.45) is 11.1 Å². The molecule has 1 fully saturated rings. The van der Waals surface area contributed by atoms with E-state index in [-0.39, 0.29) is 11.5 Å². The smallest absolute Gasteiger partial charge is 0.356 e. The second kappa shape index (κ2) is 4.74. The molecule has 78 valence electrons. The van der Waals surface area contributed by atoms with E-state index in [9.17, 15) is 9.59 Å². The number of esters is 1. The van der Waals surface area contributed by atoms with E-state index in [0.717, 1.165) is 6.42 Å². The van der Waals surface area contributed by atoms with E-state index in [2.05, 4.69) is 14.7 Å². The van der Waals surface area contributed by atoms with Gasteiger partial charge < -0.3 is 9.57 Å². The second-order valence-electron chi connectivity index (χ2n) is 3.06. The summed E-state index contributed by atoms with van der Waals surface area (Å²) >= 11 is 0. The molecule has 0 radical (unpaired) electrons. The summed E-state index contributed by atoms with van der Waals surface area (Å²) in [4.78, 5) is 27.1. The Labute approximate surface area is 82.1 Å². The first-order valence-electron chi connectivity index (χ1n) is 4.42. The molecule has 14 heavy (non-hydrogen) atoms. The first-order chi connectivity index (χ1) is 6.70. The maximum absolute atomic E-state index is 11.4. The largest absolute Gasteiger partial charge is 0.464 e. The maximum atomic E-state index is 11.4. The lowest BCUT2D eigenvalue weighted by Gasteiger charge is -2.08. The van der Waals surface area contributed by atoms with Crippen molar-refractivity contribution >= 4 is 17.5 Å². The van der Waals surface area contributed by atoms with Crippen molar-refractivity contribution in [3.63, 3.8) is 0 Å². The predicted molar refractivity (Wildman–Crippen MR) is 48.8 cm³/mol. The Hall–Kier alpha value is -1.39. The van der Waals surface area contributed by atoms with E-state index in [1.807, 2.05) is 0 Å². The van der Waals surface area contributed by atoms with Crippen LogP contribution >= 0.6 is 0 Å². The predicted octanol–water partition coefficient (Wildman–Crippen LogP) is 0.531. The van der Waals surface area contributed by atoms with Gasteiger partial charge in [-0.1, -0.05) is 5.16 Å². The molecule has 0 aromatic heterocycles. The quantitative estimate of drug-likeness (QED) is 0.378. The summed E-state index contributed by atoms with van der Waals surface area (Å²) in [6.45, 7) is 0. The Morgan fingerprint density at radius 3 is 2.64 bits per heavy atom. The lowest BCUT2D eigenvalue weighted by atomic mass is 10.0. The Morgan fingerprint density at radius 1 is 1.50 bits per heavy atom. The van der Waals surface area contributed by atoms with Gasteiger partial charge >= 0.3 is 5.97 Å². The number of ketones is 1. The molecule has 1 aliphatic carbocycles. The van der Waals surface area contributed by atoms with E-state index in [1.165, 1.54) is 14.2 Å². The van der Waals surface area contributed by atoms with Crippen LogP contribution in [0.3, 0.4) is 0 Å². The molecule has 0 amide bonds. The molecule has 0 aliphatic heterocycles. The number of hydrogen-bond donors (Lipinski definition) is 0. The minimum absolute atomic E-state index is 0.0335. The molecule has 1 aliphatic rings. The lowest BCUT2D eigenvalue weighted by molar-refractivity contribution is -0.134. The molecular formula is C9H13NO4. The third kappa shape index (κ3) is 2.10. The summed E-state index contributed by atoms with van der Waals surface area (Å²) in [6.07, 6.45) is 1.95. The monoisotopic (exact) mass is 199 g/mol. The summed E-state index contributed by atoms with van der Waals surface area (Å²) in [5.74, 6) is -0.999. The molecule has 0 saturated heterocycles. The van der Waals surface area contributed by atoms with Crippen molar-refractivity contribution in [3.05, 3.63) is 0 Å². The molecule has 1 saturated carbocycles. The van der Waals surface area contributed by atoms with Gasteiger partial charge in [0, 0.05) is 6.42 Å². The number of hydrogen-bond acceptors (Lipinski definition) is 5. The van der Waals surface area contributed by atoms with Crippen LogP contribution in [0.25, 0.3) is 0 Å². The molecule has 0 bridgehead atoms. The van der Waals surface area contributed by atoms with Crippen LogP contribution in [0.4, 0.5) is 0 Å². The molecule has 0 heterocycles. The number of carbonyl (C=O) groups excluding carboxylic acids is 2. The van der Waals surface area contributed by atoms with Crippen molar-refractivity contribution in [1.82, 2.24) is 0 Å². The number of methoxy groups -OCH3 is 1. The number of ether oxygens (including phenoxy) is 1. The van der Waals surface area contributed by atoms with Gasteiger partial charge in [0.15, 0.2) is 5.71 Å². The zero-order chi connectivity index (χ0) is 10.6. The van der Waals surface area contributed by atoms with Crippen molar-refractivity contribution in [1.29, 1.82) is 0 Å². The zero-order valence-electron chi connectivity index (χ0n) is 8.28. The van der Waals surface area contributed by atoms with Crippen LogP contribution in [0, 0.1) is 5.92 Å². The normalized spacial score (nSPS) is 22.3. The van der Waals surface area contributed by atoms with E-state index >= 15 is 0 Å². The second-order valence-corrected chi connectivity index (χ2v) is 3.06. The fraction of sp³-hybridized carbons (Fsp3) is 0.667. The molecule has 5 heteroatoms. The van der Waals surface area contributed by atoms with Gasteiger partial charge in [-0.2, -0.15) is 0 Å². The van der Waals surface area contributed by atoms with E-state index in [1.54, 1.807) is 0 Å². The van der Waals surface area contributed by atoms with Gasteiger partial charge in [-0.3, -0.25) is 4.79 Å². The van der Waals surface area contributed by atoms with Gasteiger partial charge in [0.05, 0.1) is 13.0 Å². The molecule has 0 spiro atoms. The van der Waals surface area contributed by atoms with Gasteiger partial charge in [-0.05, 0) is 12.8 Å². The fourth-order valence-corrected chi connectivity index (χ4v) is 1.55. The van der Waals surface area contributed by atoms with Crippen molar-refractivity contribution in [2.45, 2.75) is 19.3 Å². The standard InChI is InChI=1S/C9H13NO4/c1-13-9(12)8(10-14-2)6-4-3-5-7(6)11/h6H,3-5H2,1-2H3. The molecule has 5 nitrogen and oxygen atoms in total. The maximum Gasteiger partial charge on any atom is 0.356 e. The molecule has 0 aromatic carbocycles. The zero-order valence-corrected chi connectivity index (χ0v) is 8.28. The Kier molecular flexibility index (Phi) is 3.62. The van der Waals surface area contributed by atoms with Crippen LogP contribution in [-0.2, 0) is 19.2 Å². The van der Waals surface area contributed by atoms with Gasteiger partial charge in [-0.25, -0.2) is 4.79 Å². The van der Waals surface area contributed by atoms with Crippen molar-refractivity contribution < 1.29 is 19.2 Å². The number of oxime groups is 1. The fourth-order valence-electron chi connectivity index (χ4n) is 1.55. The highest BCUT2D eigenvalue weighted by Gasteiger charge is 2.34. The average molecular weight is 199 g/mol. The number of nitrogens with zero attached hydrogens (tertiary/aromatic N) is 1. The van der Waals surface area contributed by atoms with Gasteiger partial charge in [0.2, 0.25) is 0 Å². The molecule has 0 N–H and O–H groups in total. The summed E-state index contributed by atoms with van der Waals surface area (Å²) in [6, 6.07) is 0. The van der Waals surface area contributed by atoms with Crippen LogP contribution in [0.1, 0.15) is 19.3 Å². The van der Waals surface area contributed by atoms with Crippen molar-refractivity contribution in [3.8, 4) is 0 Å². The number of carbonyl (C=O) groups is 2. The SMILES string of the molecule is CON=C(C(=O)OC)C1CCCC1=O. The molecule has 0 aromatic rings. The van der Waals surface area contributed by atoms with Crippen LogP contribution in [0.15, 0.2) is 5.16 Å². The Morgan fingerprint density at radius 2 is 2.21 bits per heavy atom. The van der Waals surface area contributed by atoms with Crippen molar-refractivity contribution in [2.75, 3.05) is 14.2 Å². The Bertz CT molecular complexity index is 272. The van der Waals surface area contributed by atoms with Gasteiger partial charge in [0.1, 0.15) is 12.9 Å². The van der Waals surface area contributed by atoms with Crippen LogP contribution in [0.5, 0.6) is 0 Å². The third-order valence-electron chi connectivity index (χ3n) is 2.22. The summed E-state index contributed by atoms with van der Waals surface area (Å²) in [5, 5.41) is 3.55. The van der Waals surface area contributed by atoms with E-state index in [0.29, 0.717) is 12.8 Å². The summed E-state index contributed by atoms with van der Waals surface area (Å²) < 4.78 is 4.52. The topological polar surface area (TPSA) is 65.0 Å². The first kappa shape index (κ1) is 10.7. The highest BCUT2D eigenvalue weighted by molar-refractivity contribution is 6.41. The highest BCUT2D eigenvalue weighted by atomic mass is 16.6. The van der Waals surface area contributed by atoms with E-state index in [4.69, 9.17) is 0 Å². The Balaban J connectivity index is 2.82. The van der Waals surface area contributed by atoms with Gasteiger partial charge in [-0.15, -0.1) is 0 Å². The summed E-state index contributed by atoms with van der Waals surface area (Å²) in [5.41, 5.74) is 0.0810. The average Bonchev–Trinajstić information content (AvgIpc) is 2.60. The molecular weight excluding hydrogens is 186 g/mol.